The summed E-state index contributed by atoms with van der Waals surface area (Å²) in [6.07, 6.45) is 0.452. The van der Waals surface area contributed by atoms with E-state index in [0.29, 0.717) is 6.42 Å². The Morgan fingerprint density at radius 3 is 2.76 bits per heavy atom. The second-order valence-electron chi connectivity index (χ2n) is 4.08. The van der Waals surface area contributed by atoms with Gasteiger partial charge in [0.2, 0.25) is 5.91 Å². The fourth-order valence-corrected chi connectivity index (χ4v) is 2.34. The lowest BCUT2D eigenvalue weighted by Crippen LogP contribution is -2.03. The number of nitrogens with one attached hydrogen (secondary N) is 1. The molecule has 0 saturated carbocycles. The Morgan fingerprint density at radius 1 is 1.12 bits per heavy atom. The third-order valence-corrected chi connectivity index (χ3v) is 3.24. The molecule has 1 heterocycles. The van der Waals surface area contributed by atoms with Crippen LogP contribution in [0.2, 0.25) is 5.02 Å². The molecule has 0 radical (unpaired) electrons. The van der Waals surface area contributed by atoms with Crippen molar-refractivity contribution in [3.8, 4) is 11.1 Å². The van der Waals surface area contributed by atoms with Crippen LogP contribution in [-0.2, 0) is 11.2 Å². The summed E-state index contributed by atoms with van der Waals surface area (Å²) in [6.45, 7) is 0. The van der Waals surface area contributed by atoms with Crippen LogP contribution < -0.4 is 5.32 Å². The third kappa shape index (κ3) is 1.81. The Kier molecular flexibility index (Phi) is 2.37. The Bertz CT molecular complexity index is 607. The predicted octanol–water partition coefficient (Wildman–Crippen LogP) is 3.50. The molecular formula is C14H10ClNO. The topological polar surface area (TPSA) is 29.1 Å². The first-order valence-corrected chi connectivity index (χ1v) is 5.79. The summed E-state index contributed by atoms with van der Waals surface area (Å²) in [5, 5.41) is 3.55. The maximum Gasteiger partial charge on any atom is 0.228 e. The molecule has 17 heavy (non-hydrogen) atoms. The van der Waals surface area contributed by atoms with Crippen molar-refractivity contribution in [3.05, 3.63) is 53.1 Å². The molecule has 1 aliphatic heterocycles. The third-order valence-electron chi connectivity index (χ3n) is 2.92. The second-order valence-corrected chi connectivity index (χ2v) is 4.48. The Balaban J connectivity index is 2.09. The van der Waals surface area contributed by atoms with Crippen molar-refractivity contribution in [3.63, 3.8) is 0 Å². The quantitative estimate of drug-likeness (QED) is 0.816. The molecule has 0 bridgehead atoms. The van der Waals surface area contributed by atoms with Crippen molar-refractivity contribution < 1.29 is 4.79 Å². The largest absolute Gasteiger partial charge is 0.326 e. The fourth-order valence-electron chi connectivity index (χ4n) is 2.09. The van der Waals surface area contributed by atoms with Gasteiger partial charge in [-0.1, -0.05) is 35.9 Å². The van der Waals surface area contributed by atoms with Crippen LogP contribution in [0.4, 0.5) is 5.69 Å². The molecule has 1 N–H and O–H groups in total. The highest BCUT2D eigenvalue weighted by molar-refractivity contribution is 6.33. The molecule has 0 fully saturated rings. The fraction of sp³-hybridized carbons (Fsp3) is 0.0714. The molecular weight excluding hydrogens is 234 g/mol. The summed E-state index contributed by atoms with van der Waals surface area (Å²) >= 11 is 6.16. The molecule has 0 atom stereocenters. The van der Waals surface area contributed by atoms with Crippen LogP contribution in [0, 0.1) is 0 Å². The zero-order valence-electron chi connectivity index (χ0n) is 9.03. The number of anilines is 1. The molecule has 0 aliphatic carbocycles. The molecule has 0 saturated heterocycles. The van der Waals surface area contributed by atoms with Crippen molar-refractivity contribution in [2.24, 2.45) is 0 Å². The van der Waals surface area contributed by atoms with E-state index in [9.17, 15) is 4.79 Å². The van der Waals surface area contributed by atoms with E-state index >= 15 is 0 Å². The van der Waals surface area contributed by atoms with E-state index in [-0.39, 0.29) is 5.91 Å². The van der Waals surface area contributed by atoms with E-state index in [1.54, 1.807) is 0 Å². The number of carbonyl (C=O) groups is 1. The van der Waals surface area contributed by atoms with Gasteiger partial charge < -0.3 is 5.32 Å². The van der Waals surface area contributed by atoms with Gasteiger partial charge in [0.15, 0.2) is 0 Å². The average molecular weight is 244 g/mol. The minimum Gasteiger partial charge on any atom is -0.326 e. The van der Waals surface area contributed by atoms with Crippen molar-refractivity contribution in [1.29, 1.82) is 0 Å². The van der Waals surface area contributed by atoms with Gasteiger partial charge in [-0.15, -0.1) is 0 Å². The van der Waals surface area contributed by atoms with Crippen LogP contribution in [0.25, 0.3) is 11.1 Å². The highest BCUT2D eigenvalue weighted by Gasteiger charge is 2.17. The van der Waals surface area contributed by atoms with Crippen LogP contribution in [-0.4, -0.2) is 5.91 Å². The maximum atomic E-state index is 11.3. The van der Waals surface area contributed by atoms with Crippen molar-refractivity contribution in [2.75, 3.05) is 5.32 Å². The molecule has 84 valence electrons. The van der Waals surface area contributed by atoms with Gasteiger partial charge in [-0.05, 0) is 29.3 Å². The highest BCUT2D eigenvalue weighted by Crippen LogP contribution is 2.32. The van der Waals surface area contributed by atoms with Gasteiger partial charge in [-0.2, -0.15) is 0 Å². The van der Waals surface area contributed by atoms with Gasteiger partial charge >= 0.3 is 0 Å². The molecule has 1 aliphatic rings. The normalized spacial score (nSPS) is 13.4. The molecule has 2 aromatic rings. The number of halogens is 1. The first-order chi connectivity index (χ1) is 8.24. The summed E-state index contributed by atoms with van der Waals surface area (Å²) in [5.74, 6) is 0.0521. The smallest absolute Gasteiger partial charge is 0.228 e. The molecule has 3 heteroatoms. The van der Waals surface area contributed by atoms with Crippen molar-refractivity contribution in [1.82, 2.24) is 0 Å². The highest BCUT2D eigenvalue weighted by atomic mass is 35.5. The van der Waals surface area contributed by atoms with E-state index < -0.39 is 0 Å². The minimum atomic E-state index is 0.0521. The average Bonchev–Trinajstić information content (AvgIpc) is 2.68. The lowest BCUT2D eigenvalue weighted by atomic mass is 10.0. The standard InChI is InChI=1S/C14H10ClNO/c15-12-4-2-1-3-11(12)9-5-6-13-10(7-9)8-14(17)16-13/h1-7H,8H2,(H,16,17). The van der Waals surface area contributed by atoms with Crippen molar-refractivity contribution >= 4 is 23.2 Å². The first-order valence-electron chi connectivity index (χ1n) is 5.42. The molecule has 0 unspecified atom stereocenters. The lowest BCUT2D eigenvalue weighted by Gasteiger charge is -2.06. The molecule has 0 spiro atoms. The molecule has 2 aromatic carbocycles. The lowest BCUT2D eigenvalue weighted by molar-refractivity contribution is -0.115. The number of hydrogen-bond acceptors (Lipinski definition) is 1. The molecule has 3 rings (SSSR count). The Morgan fingerprint density at radius 2 is 1.94 bits per heavy atom. The Hall–Kier alpha value is -1.80. The summed E-state index contributed by atoms with van der Waals surface area (Å²) < 4.78 is 0. The number of fused-ring (bicyclic) bond motifs is 1. The Labute approximate surface area is 104 Å². The maximum absolute atomic E-state index is 11.3. The molecule has 2 nitrogen and oxygen atoms in total. The van der Waals surface area contributed by atoms with Gasteiger partial charge in [0, 0.05) is 16.3 Å². The monoisotopic (exact) mass is 243 g/mol. The van der Waals surface area contributed by atoms with E-state index in [0.717, 1.165) is 27.4 Å². The van der Waals surface area contributed by atoms with Gasteiger partial charge in [-0.25, -0.2) is 0 Å². The van der Waals surface area contributed by atoms with Crippen molar-refractivity contribution in [2.45, 2.75) is 6.42 Å². The van der Waals surface area contributed by atoms with Gasteiger partial charge in [0.1, 0.15) is 0 Å². The molecule has 1 amide bonds. The van der Waals surface area contributed by atoms with E-state index in [2.05, 4.69) is 5.32 Å². The van der Waals surface area contributed by atoms with Crippen LogP contribution in [0.3, 0.4) is 0 Å². The summed E-state index contributed by atoms with van der Waals surface area (Å²) in [6, 6.07) is 13.6. The number of rotatable bonds is 1. The summed E-state index contributed by atoms with van der Waals surface area (Å²) in [7, 11) is 0. The minimum absolute atomic E-state index is 0.0521. The van der Waals surface area contributed by atoms with E-state index in [4.69, 9.17) is 11.6 Å². The van der Waals surface area contributed by atoms with Gasteiger partial charge in [-0.3, -0.25) is 4.79 Å². The van der Waals surface area contributed by atoms with E-state index in [1.165, 1.54) is 0 Å². The SMILES string of the molecule is O=C1Cc2cc(-c3ccccc3Cl)ccc2N1. The second kappa shape index (κ2) is 3.90. The van der Waals surface area contributed by atoms with Crippen LogP contribution in [0.15, 0.2) is 42.5 Å². The van der Waals surface area contributed by atoms with Crippen LogP contribution in [0.5, 0.6) is 0 Å². The summed E-state index contributed by atoms with van der Waals surface area (Å²) in [5.41, 5.74) is 3.99. The molecule has 0 aromatic heterocycles. The summed E-state index contributed by atoms with van der Waals surface area (Å²) in [4.78, 5) is 11.3. The predicted molar refractivity (Wildman–Crippen MR) is 69.2 cm³/mol. The first kappa shape index (κ1) is 10.4. The van der Waals surface area contributed by atoms with Crippen LogP contribution in [0.1, 0.15) is 5.56 Å². The van der Waals surface area contributed by atoms with Gasteiger partial charge in [0.05, 0.1) is 6.42 Å². The number of carbonyl (C=O) groups excluding carboxylic acids is 1. The number of benzene rings is 2. The zero-order valence-corrected chi connectivity index (χ0v) is 9.79. The van der Waals surface area contributed by atoms with Crippen LogP contribution >= 0.6 is 11.6 Å². The van der Waals surface area contributed by atoms with Gasteiger partial charge in [0.25, 0.3) is 0 Å². The number of hydrogen-bond donors (Lipinski definition) is 1. The number of amides is 1. The van der Waals surface area contributed by atoms with E-state index in [1.807, 2.05) is 42.5 Å². The zero-order chi connectivity index (χ0) is 11.8.